The summed E-state index contributed by atoms with van der Waals surface area (Å²) in [5.41, 5.74) is -2.81. The van der Waals surface area contributed by atoms with Crippen LogP contribution in [0.25, 0.3) is 0 Å². The molecule has 0 spiro atoms. The lowest BCUT2D eigenvalue weighted by atomic mass is 9.92. The first-order valence-electron chi connectivity index (χ1n) is 7.01. The fourth-order valence-corrected chi connectivity index (χ4v) is 2.33. The van der Waals surface area contributed by atoms with Gasteiger partial charge in [-0.2, -0.15) is 0 Å². The second-order valence-electron chi connectivity index (χ2n) is 6.51. The molecule has 1 rings (SSSR count). The first-order chi connectivity index (χ1) is 10.9. The normalized spacial score (nSPS) is 17.3. The Hall–Kier alpha value is -2.73. The summed E-state index contributed by atoms with van der Waals surface area (Å²) in [5, 5.41) is 32.2. The number of ether oxygens (including phenoxy) is 1. The van der Waals surface area contributed by atoms with Gasteiger partial charge in [0.2, 0.25) is 6.67 Å². The smallest absolute Gasteiger partial charge is 0.306 e. The van der Waals surface area contributed by atoms with Crippen LogP contribution in [-0.2, 0) is 9.53 Å². The molecular formula is C11H19N5O8. The van der Waals surface area contributed by atoms with E-state index in [2.05, 4.69) is 0 Å². The van der Waals surface area contributed by atoms with Crippen LogP contribution in [0.1, 0.15) is 33.6 Å². The number of hydrogen-bond acceptors (Lipinski definition) is 8. The summed E-state index contributed by atoms with van der Waals surface area (Å²) >= 11 is 0. The molecule has 0 amide bonds. The van der Waals surface area contributed by atoms with Crippen molar-refractivity contribution in [2.45, 2.75) is 44.8 Å². The van der Waals surface area contributed by atoms with Gasteiger partial charge in [-0.25, -0.2) is 20.2 Å². The highest BCUT2D eigenvalue weighted by Crippen LogP contribution is 2.26. The Morgan fingerprint density at radius 1 is 1.08 bits per heavy atom. The summed E-state index contributed by atoms with van der Waals surface area (Å²) in [5.74, 6) is -0.713. The molecule has 13 nitrogen and oxygen atoms in total. The van der Waals surface area contributed by atoms with Gasteiger partial charge in [-0.05, 0) is 20.8 Å². The first kappa shape index (κ1) is 19.3. The van der Waals surface area contributed by atoms with Gasteiger partial charge in [-0.15, -0.1) is 0 Å². The van der Waals surface area contributed by atoms with E-state index in [0.29, 0.717) is 10.0 Å². The molecule has 1 fully saturated rings. The Morgan fingerprint density at radius 2 is 1.54 bits per heavy atom. The van der Waals surface area contributed by atoms with Gasteiger partial charge in [0.05, 0.1) is 6.42 Å². The van der Waals surface area contributed by atoms with Crippen molar-refractivity contribution in [2.75, 3.05) is 19.8 Å². The van der Waals surface area contributed by atoms with Crippen LogP contribution >= 0.6 is 0 Å². The molecule has 1 aliphatic rings. The summed E-state index contributed by atoms with van der Waals surface area (Å²) in [7, 11) is 0. The van der Waals surface area contributed by atoms with Crippen LogP contribution in [0, 0.1) is 30.3 Å². The molecule has 136 valence electrons. The van der Waals surface area contributed by atoms with E-state index in [0.717, 1.165) is 0 Å². The molecule has 0 saturated carbocycles. The zero-order chi connectivity index (χ0) is 18.7. The molecule has 0 aromatic rings. The first-order valence-corrected chi connectivity index (χ1v) is 7.01. The minimum atomic E-state index is -2.02. The van der Waals surface area contributed by atoms with E-state index >= 15 is 0 Å². The monoisotopic (exact) mass is 349 g/mol. The third kappa shape index (κ3) is 4.89. The van der Waals surface area contributed by atoms with Crippen LogP contribution in [0.2, 0.25) is 0 Å². The van der Waals surface area contributed by atoms with E-state index < -0.39 is 58.3 Å². The van der Waals surface area contributed by atoms with Gasteiger partial charge in [0, 0.05) is 11.3 Å². The van der Waals surface area contributed by atoms with Crippen molar-refractivity contribution >= 4 is 5.97 Å². The maximum absolute atomic E-state index is 11.8. The molecule has 0 bridgehead atoms. The zero-order valence-corrected chi connectivity index (χ0v) is 13.5. The summed E-state index contributed by atoms with van der Waals surface area (Å²) in [6, 6.07) is 0. The van der Waals surface area contributed by atoms with Crippen LogP contribution < -0.4 is 0 Å². The van der Waals surface area contributed by atoms with Crippen LogP contribution in [-0.4, -0.2) is 61.9 Å². The van der Waals surface area contributed by atoms with E-state index in [9.17, 15) is 35.1 Å². The van der Waals surface area contributed by atoms with E-state index in [-0.39, 0.29) is 6.42 Å². The van der Waals surface area contributed by atoms with Crippen LogP contribution in [0.3, 0.4) is 0 Å². The lowest BCUT2D eigenvalue weighted by Crippen LogP contribution is -2.65. The Labute approximate surface area is 136 Å². The predicted octanol–water partition coefficient (Wildman–Crippen LogP) is 0.0823. The largest absolute Gasteiger partial charge is 0.460 e. The highest BCUT2D eigenvalue weighted by Gasteiger charge is 2.55. The Bertz CT molecular complexity index is 523. The fraction of sp³-hybridized carbons (Fsp3) is 0.909. The molecular weight excluding hydrogens is 330 g/mol. The number of rotatable bonds is 6. The summed E-state index contributed by atoms with van der Waals surface area (Å²) in [6.07, 6.45) is -0.793. The van der Waals surface area contributed by atoms with E-state index in [1.165, 1.54) is 0 Å². The number of carbonyl (C=O) groups is 1. The second kappa shape index (κ2) is 6.80. The van der Waals surface area contributed by atoms with Crippen LogP contribution in [0.5, 0.6) is 0 Å². The Kier molecular flexibility index (Phi) is 5.47. The van der Waals surface area contributed by atoms with E-state index in [1.54, 1.807) is 20.8 Å². The topological polar surface area (TPSA) is 162 Å². The SMILES string of the molecule is CC(C)(C)OC(=O)CCC1([N+](=O)[O-])CN([N+](=O)[O-])CN([N+](=O)[O-])C1. The number of nitro groups is 3. The Morgan fingerprint density at radius 3 is 1.88 bits per heavy atom. The standard InChI is InChI=1S/C11H19N5O8/c1-10(2,3)24-9(17)4-5-11(14(18)19)6-12(15(20)21)8-13(7-11)16(22)23/h4-8H2,1-3H3. The van der Waals surface area contributed by atoms with Gasteiger partial charge in [-0.3, -0.25) is 14.9 Å². The predicted molar refractivity (Wildman–Crippen MR) is 77.1 cm³/mol. The molecule has 24 heavy (non-hydrogen) atoms. The average molecular weight is 349 g/mol. The van der Waals surface area contributed by atoms with Crippen molar-refractivity contribution in [2.24, 2.45) is 0 Å². The van der Waals surface area contributed by atoms with Gasteiger partial charge >= 0.3 is 5.97 Å². The van der Waals surface area contributed by atoms with Gasteiger partial charge in [0.25, 0.3) is 5.54 Å². The van der Waals surface area contributed by atoms with Gasteiger partial charge in [0.15, 0.2) is 23.2 Å². The molecule has 1 heterocycles. The molecule has 1 saturated heterocycles. The number of hydrogen-bond donors (Lipinski definition) is 0. The average Bonchev–Trinajstić information content (AvgIpc) is 2.42. The molecule has 0 radical (unpaired) electrons. The third-order valence-corrected chi connectivity index (χ3v) is 3.34. The molecule has 0 atom stereocenters. The minimum absolute atomic E-state index is 0.380. The number of carbonyl (C=O) groups excluding carboxylic acids is 1. The number of nitrogens with zero attached hydrogens (tertiary/aromatic N) is 5. The van der Waals surface area contributed by atoms with Crippen molar-refractivity contribution in [1.29, 1.82) is 0 Å². The van der Waals surface area contributed by atoms with Crippen LogP contribution in [0.4, 0.5) is 0 Å². The maximum Gasteiger partial charge on any atom is 0.306 e. The summed E-state index contributed by atoms with van der Waals surface area (Å²) in [6.45, 7) is 2.91. The lowest BCUT2D eigenvalue weighted by molar-refractivity contribution is -0.744. The molecule has 13 heteroatoms. The van der Waals surface area contributed by atoms with E-state index in [4.69, 9.17) is 4.74 Å². The van der Waals surface area contributed by atoms with Gasteiger partial charge < -0.3 is 4.74 Å². The quantitative estimate of drug-likeness (QED) is 0.364. The Balaban J connectivity index is 2.96. The molecule has 0 aromatic carbocycles. The van der Waals surface area contributed by atoms with Crippen molar-refractivity contribution in [1.82, 2.24) is 10.0 Å². The highest BCUT2D eigenvalue weighted by atomic mass is 16.7. The summed E-state index contributed by atoms with van der Waals surface area (Å²) < 4.78 is 5.05. The highest BCUT2D eigenvalue weighted by molar-refractivity contribution is 5.69. The molecule has 0 aliphatic carbocycles. The maximum atomic E-state index is 11.8. The summed E-state index contributed by atoms with van der Waals surface area (Å²) in [4.78, 5) is 44.3. The number of esters is 1. The zero-order valence-electron chi connectivity index (χ0n) is 13.5. The van der Waals surface area contributed by atoms with Crippen molar-refractivity contribution in [3.63, 3.8) is 0 Å². The van der Waals surface area contributed by atoms with Crippen molar-refractivity contribution < 1.29 is 24.5 Å². The molecule has 0 aromatic heterocycles. The van der Waals surface area contributed by atoms with Crippen molar-refractivity contribution in [3.8, 4) is 0 Å². The molecule has 0 unspecified atom stereocenters. The number of hydrazine groups is 2. The van der Waals surface area contributed by atoms with Gasteiger partial charge in [0.1, 0.15) is 5.60 Å². The lowest BCUT2D eigenvalue weighted by Gasteiger charge is -2.34. The second-order valence-corrected chi connectivity index (χ2v) is 6.51. The third-order valence-electron chi connectivity index (χ3n) is 3.34. The van der Waals surface area contributed by atoms with Crippen molar-refractivity contribution in [3.05, 3.63) is 30.3 Å². The van der Waals surface area contributed by atoms with Gasteiger partial charge in [-0.1, -0.05) is 10.0 Å². The van der Waals surface area contributed by atoms with Crippen LogP contribution in [0.15, 0.2) is 0 Å². The molecule has 1 aliphatic heterocycles. The molecule has 0 N–H and O–H groups in total. The van der Waals surface area contributed by atoms with E-state index in [1.807, 2.05) is 0 Å². The minimum Gasteiger partial charge on any atom is -0.460 e. The fourth-order valence-electron chi connectivity index (χ4n) is 2.33.